The van der Waals surface area contributed by atoms with Crippen LogP contribution in [0.25, 0.3) is 0 Å². The zero-order chi connectivity index (χ0) is 7.28. The highest BCUT2D eigenvalue weighted by Gasteiger charge is 2.00. The second-order valence-corrected chi connectivity index (χ2v) is 3.79. The normalized spacial score (nSPS) is 12.8. The van der Waals surface area contributed by atoms with Crippen molar-refractivity contribution >= 4 is 49.7 Å². The summed E-state index contributed by atoms with van der Waals surface area (Å²) in [7, 11) is 0. The number of carbonyl (C=O) groups excluding carboxylic acids is 1. The Bertz CT molecular complexity index is 101. The minimum atomic E-state index is -0.291. The molecule has 0 rings (SSSR count). The highest BCUT2D eigenvalue weighted by Crippen LogP contribution is 2.01. The number of hydrogen-bond donors (Lipinski definition) is 2. The summed E-state index contributed by atoms with van der Waals surface area (Å²) in [6, 6.07) is 0. The van der Waals surface area contributed by atoms with E-state index in [1.807, 2.05) is 0 Å². The Labute approximate surface area is 76.4 Å². The smallest absolute Gasteiger partial charge is 0.276 e. The van der Waals surface area contributed by atoms with Gasteiger partial charge in [0.05, 0.1) is 0 Å². The van der Waals surface area contributed by atoms with Crippen molar-refractivity contribution in [2.75, 3.05) is 11.9 Å². The molecule has 0 radical (unpaired) electrons. The van der Waals surface area contributed by atoms with Gasteiger partial charge in [0.2, 0.25) is 0 Å². The third-order valence-electron chi connectivity index (χ3n) is 0.642. The summed E-state index contributed by atoms with van der Waals surface area (Å²) in [4.78, 5) is 10.5. The number of hydrogen-bond acceptors (Lipinski definition) is 1. The average Bonchev–Trinajstić information content (AvgIpc) is 1.83. The summed E-state index contributed by atoms with van der Waals surface area (Å²) in [5, 5.41) is 3.07. The van der Waals surface area contributed by atoms with Crippen molar-refractivity contribution in [2.45, 2.75) is 4.83 Å². The van der Waals surface area contributed by atoms with Gasteiger partial charge in [0.25, 0.3) is 5.24 Å². The molecule has 0 bridgehead atoms. The van der Waals surface area contributed by atoms with Gasteiger partial charge in [-0.25, -0.2) is 0 Å². The molecule has 5 heteroatoms. The van der Waals surface area contributed by atoms with Crippen LogP contribution in [0.15, 0.2) is 0 Å². The minimum absolute atomic E-state index is 0.286. The molecular weight excluding hydrogens is 270 g/mol. The van der Waals surface area contributed by atoms with Crippen LogP contribution in [0.3, 0.4) is 0 Å². The first kappa shape index (κ1) is 9.78. The molecule has 9 heavy (non-hydrogen) atoms. The van der Waals surface area contributed by atoms with Gasteiger partial charge in [-0.2, -0.15) is 0 Å². The molecule has 2 nitrogen and oxygen atoms in total. The van der Waals surface area contributed by atoms with E-state index in [2.05, 4.69) is 49.8 Å². The van der Waals surface area contributed by atoms with Crippen LogP contribution in [0.4, 0.5) is 4.79 Å². The van der Waals surface area contributed by atoms with Crippen LogP contribution in [0.5, 0.6) is 0 Å². The quantitative estimate of drug-likeness (QED) is 0.597. The molecule has 0 fully saturated rings. The van der Waals surface area contributed by atoms with Crippen molar-refractivity contribution in [3.8, 4) is 0 Å². The van der Waals surface area contributed by atoms with E-state index >= 15 is 0 Å². The van der Waals surface area contributed by atoms with Gasteiger partial charge < -0.3 is 5.32 Å². The first-order valence-corrected chi connectivity index (χ1v) is 4.82. The van der Waals surface area contributed by atoms with Crippen LogP contribution in [0.1, 0.15) is 0 Å². The zero-order valence-electron chi connectivity index (χ0n) is 4.60. The van der Waals surface area contributed by atoms with E-state index in [0.717, 1.165) is 5.33 Å². The molecule has 0 heterocycles. The van der Waals surface area contributed by atoms with E-state index in [9.17, 15) is 4.79 Å². The Morgan fingerprint density at radius 1 is 1.78 bits per heavy atom. The lowest BCUT2D eigenvalue weighted by Gasteiger charge is -2.03. The van der Waals surface area contributed by atoms with Gasteiger partial charge >= 0.3 is 0 Å². The van der Waals surface area contributed by atoms with Crippen molar-refractivity contribution in [3.05, 3.63) is 0 Å². The van der Waals surface area contributed by atoms with Crippen molar-refractivity contribution in [1.82, 2.24) is 5.32 Å². The average molecular weight is 277 g/mol. The lowest BCUT2D eigenvalue weighted by molar-refractivity contribution is 0.261. The van der Waals surface area contributed by atoms with Crippen LogP contribution in [0.2, 0.25) is 0 Å². The molecule has 1 amide bonds. The molecule has 0 saturated carbocycles. The Morgan fingerprint density at radius 3 is 2.67 bits per heavy atom. The Balaban J connectivity index is 3.16. The molecule has 0 aromatic carbocycles. The molecule has 54 valence electrons. The Hall–Kier alpha value is 0.780. The maximum atomic E-state index is 10.2. The lowest BCUT2D eigenvalue weighted by Crippen LogP contribution is -2.25. The van der Waals surface area contributed by atoms with Gasteiger partial charge in [-0.15, -0.1) is 0 Å². The fraction of sp³-hybridized carbons (Fsp3) is 0.750. The first-order chi connectivity index (χ1) is 4.16. The van der Waals surface area contributed by atoms with Gasteiger partial charge in [0, 0.05) is 16.7 Å². The lowest BCUT2D eigenvalue weighted by atomic mass is 10.5. The van der Waals surface area contributed by atoms with Crippen LogP contribution < -0.4 is 5.32 Å². The Kier molecular flexibility index (Phi) is 6.04. The van der Waals surface area contributed by atoms with Crippen LogP contribution in [-0.4, -0.2) is 21.9 Å². The molecule has 0 aliphatic carbocycles. The van der Waals surface area contributed by atoms with Crippen molar-refractivity contribution in [3.63, 3.8) is 0 Å². The summed E-state index contributed by atoms with van der Waals surface area (Å²) in [6.07, 6.45) is 0. The van der Waals surface area contributed by atoms with Crippen LogP contribution in [0, 0.1) is 0 Å². The maximum absolute atomic E-state index is 10.2. The maximum Gasteiger partial charge on any atom is 0.276 e. The van der Waals surface area contributed by atoms with Crippen molar-refractivity contribution in [1.29, 1.82) is 0 Å². The largest absolute Gasteiger partial charge is 0.346 e. The monoisotopic (exact) mass is 275 g/mol. The SMILES string of the molecule is O=C(S)NCC(Br)CBr. The number of amides is 1. The third-order valence-corrected chi connectivity index (χ3v) is 3.10. The molecule has 0 saturated heterocycles. The van der Waals surface area contributed by atoms with Gasteiger partial charge in [0.15, 0.2) is 0 Å². The van der Waals surface area contributed by atoms with Crippen LogP contribution in [-0.2, 0) is 0 Å². The molecule has 1 N–H and O–H groups in total. The molecule has 0 spiro atoms. The van der Waals surface area contributed by atoms with E-state index in [4.69, 9.17) is 0 Å². The van der Waals surface area contributed by atoms with E-state index < -0.39 is 0 Å². The van der Waals surface area contributed by atoms with E-state index in [1.54, 1.807) is 0 Å². The van der Waals surface area contributed by atoms with Crippen molar-refractivity contribution in [2.24, 2.45) is 0 Å². The second kappa shape index (κ2) is 5.56. The third kappa shape index (κ3) is 6.67. The van der Waals surface area contributed by atoms with E-state index in [0.29, 0.717) is 6.54 Å². The molecule has 1 unspecified atom stereocenters. The predicted molar refractivity (Wildman–Crippen MR) is 48.9 cm³/mol. The van der Waals surface area contributed by atoms with E-state index in [1.165, 1.54) is 0 Å². The van der Waals surface area contributed by atoms with Gasteiger partial charge in [-0.3, -0.25) is 4.79 Å². The van der Waals surface area contributed by atoms with Gasteiger partial charge in [-0.1, -0.05) is 44.5 Å². The minimum Gasteiger partial charge on any atom is -0.346 e. The van der Waals surface area contributed by atoms with Gasteiger partial charge in [0.1, 0.15) is 0 Å². The summed E-state index contributed by atoms with van der Waals surface area (Å²) in [5.74, 6) is 0. The molecule has 1 atom stereocenters. The van der Waals surface area contributed by atoms with Gasteiger partial charge in [-0.05, 0) is 0 Å². The Morgan fingerprint density at radius 2 is 2.33 bits per heavy atom. The second-order valence-electron chi connectivity index (χ2n) is 1.44. The summed E-state index contributed by atoms with van der Waals surface area (Å²) >= 11 is 10.1. The van der Waals surface area contributed by atoms with E-state index in [-0.39, 0.29) is 10.1 Å². The highest BCUT2D eigenvalue weighted by atomic mass is 79.9. The molecular formula is C4H7Br2NOS. The number of rotatable bonds is 3. The molecule has 0 aliphatic rings. The number of halogens is 2. The number of thiol groups is 1. The standard InChI is InChI=1S/C4H7Br2NOS/c5-1-3(6)2-7-4(8)9/h3H,1-2H2,(H2,7,8,9). The zero-order valence-corrected chi connectivity index (χ0v) is 8.67. The molecule has 0 aliphatic heterocycles. The first-order valence-electron chi connectivity index (χ1n) is 2.33. The van der Waals surface area contributed by atoms with Crippen molar-refractivity contribution < 1.29 is 4.79 Å². The fourth-order valence-corrected chi connectivity index (χ4v) is 0.735. The number of carbonyl (C=O) groups is 1. The predicted octanol–water partition coefficient (Wildman–Crippen LogP) is 1.78. The fourth-order valence-electron chi connectivity index (χ4n) is 0.253. The number of alkyl halides is 2. The number of nitrogens with one attached hydrogen (secondary N) is 1. The highest BCUT2D eigenvalue weighted by molar-refractivity contribution is 9.12. The summed E-state index contributed by atoms with van der Waals surface area (Å²) < 4.78 is 0. The van der Waals surface area contributed by atoms with Crippen LogP contribution >= 0.6 is 44.5 Å². The molecule has 0 aromatic heterocycles. The molecule has 0 aromatic rings. The topological polar surface area (TPSA) is 29.1 Å². The summed E-state index contributed by atoms with van der Waals surface area (Å²) in [6.45, 7) is 0.605. The summed E-state index contributed by atoms with van der Waals surface area (Å²) in [5.41, 5.74) is 0.